The topological polar surface area (TPSA) is 75.4 Å². The van der Waals surface area contributed by atoms with Gasteiger partial charge in [0.15, 0.2) is 0 Å². The van der Waals surface area contributed by atoms with E-state index in [4.69, 9.17) is 5.73 Å². The molecular formula is C13H18BrClN2O2. The highest BCUT2D eigenvalue weighted by Gasteiger charge is 2.25. The number of aliphatic hydroxyl groups is 1. The molecule has 0 heterocycles. The number of nitrogen functional groups attached to an aromatic ring is 1. The first-order chi connectivity index (χ1) is 8.58. The minimum Gasteiger partial charge on any atom is -0.398 e. The fourth-order valence-electron chi connectivity index (χ4n) is 2.27. The first-order valence-electron chi connectivity index (χ1n) is 6.12. The monoisotopic (exact) mass is 348 g/mol. The van der Waals surface area contributed by atoms with Crippen molar-refractivity contribution in [3.05, 3.63) is 28.2 Å². The van der Waals surface area contributed by atoms with Gasteiger partial charge in [-0.25, -0.2) is 0 Å². The summed E-state index contributed by atoms with van der Waals surface area (Å²) in [5.41, 5.74) is 6.70. The number of benzene rings is 1. The molecule has 2 atom stereocenters. The summed E-state index contributed by atoms with van der Waals surface area (Å²) in [6, 6.07) is 5.01. The van der Waals surface area contributed by atoms with Gasteiger partial charge in [0.2, 0.25) is 0 Å². The summed E-state index contributed by atoms with van der Waals surface area (Å²) in [4.78, 5) is 12.1. The van der Waals surface area contributed by atoms with Crippen LogP contribution in [0.15, 0.2) is 22.7 Å². The molecule has 1 saturated carbocycles. The molecule has 106 valence electrons. The molecule has 1 fully saturated rings. The van der Waals surface area contributed by atoms with Crippen LogP contribution >= 0.6 is 28.3 Å². The van der Waals surface area contributed by atoms with E-state index in [9.17, 15) is 9.90 Å². The molecule has 19 heavy (non-hydrogen) atoms. The molecule has 0 aliphatic heterocycles. The van der Waals surface area contributed by atoms with E-state index in [1.807, 2.05) is 0 Å². The van der Waals surface area contributed by atoms with Gasteiger partial charge in [-0.05, 0) is 31.0 Å². The van der Waals surface area contributed by atoms with E-state index >= 15 is 0 Å². The highest BCUT2D eigenvalue weighted by Crippen LogP contribution is 2.21. The van der Waals surface area contributed by atoms with Crippen molar-refractivity contribution in [3.63, 3.8) is 0 Å². The number of nitrogens with two attached hydrogens (primary N) is 1. The summed E-state index contributed by atoms with van der Waals surface area (Å²) in [7, 11) is 0. The van der Waals surface area contributed by atoms with Crippen molar-refractivity contribution >= 4 is 39.9 Å². The number of amides is 1. The standard InChI is InChI=1S/C13H17BrN2O2.ClH/c14-8-5-6-9(10(15)7-8)13(18)16-11-3-1-2-4-12(11)17;/h5-7,11-12,17H,1-4,15H2,(H,16,18);1H/t11-,12-;/m0./s1. The van der Waals surface area contributed by atoms with Gasteiger partial charge in [-0.1, -0.05) is 28.8 Å². The smallest absolute Gasteiger partial charge is 0.253 e. The number of anilines is 1. The Morgan fingerprint density at radius 3 is 2.68 bits per heavy atom. The normalized spacial score (nSPS) is 22.4. The number of carbonyl (C=O) groups is 1. The van der Waals surface area contributed by atoms with Gasteiger partial charge in [-0.2, -0.15) is 0 Å². The lowest BCUT2D eigenvalue weighted by molar-refractivity contribution is 0.0718. The highest BCUT2D eigenvalue weighted by molar-refractivity contribution is 9.10. The van der Waals surface area contributed by atoms with Gasteiger partial charge < -0.3 is 16.2 Å². The molecule has 1 aromatic carbocycles. The highest BCUT2D eigenvalue weighted by atomic mass is 79.9. The molecule has 1 amide bonds. The molecule has 0 radical (unpaired) electrons. The Balaban J connectivity index is 0.00000180. The summed E-state index contributed by atoms with van der Waals surface area (Å²) < 4.78 is 0.842. The van der Waals surface area contributed by atoms with Crippen molar-refractivity contribution in [2.24, 2.45) is 0 Å². The van der Waals surface area contributed by atoms with Gasteiger partial charge in [0.1, 0.15) is 0 Å². The molecule has 0 bridgehead atoms. The number of rotatable bonds is 2. The first-order valence-corrected chi connectivity index (χ1v) is 6.91. The molecule has 0 saturated heterocycles. The lowest BCUT2D eigenvalue weighted by atomic mass is 9.92. The Bertz CT molecular complexity index is 456. The van der Waals surface area contributed by atoms with E-state index in [1.165, 1.54) is 0 Å². The molecule has 0 spiro atoms. The Morgan fingerprint density at radius 1 is 1.37 bits per heavy atom. The average molecular weight is 350 g/mol. The Hall–Kier alpha value is -0.780. The van der Waals surface area contributed by atoms with E-state index in [-0.39, 0.29) is 24.4 Å². The van der Waals surface area contributed by atoms with Gasteiger partial charge in [0.25, 0.3) is 5.91 Å². The molecule has 0 unspecified atom stereocenters. The van der Waals surface area contributed by atoms with Crippen LogP contribution in [-0.2, 0) is 0 Å². The van der Waals surface area contributed by atoms with E-state index in [0.717, 1.165) is 30.2 Å². The molecule has 1 aliphatic rings. The summed E-state index contributed by atoms with van der Waals surface area (Å²) in [5.74, 6) is -0.217. The van der Waals surface area contributed by atoms with E-state index in [0.29, 0.717) is 11.3 Å². The Morgan fingerprint density at radius 2 is 2.05 bits per heavy atom. The first kappa shape index (κ1) is 16.3. The minimum absolute atomic E-state index is 0. The lowest BCUT2D eigenvalue weighted by Crippen LogP contribution is -2.45. The van der Waals surface area contributed by atoms with E-state index in [1.54, 1.807) is 18.2 Å². The Kier molecular flexibility index (Phi) is 6.10. The SMILES string of the molecule is Cl.Nc1cc(Br)ccc1C(=O)N[C@H]1CCCC[C@@H]1O. The second-order valence-corrected chi connectivity index (χ2v) is 5.58. The van der Waals surface area contributed by atoms with Gasteiger partial charge in [0, 0.05) is 10.2 Å². The van der Waals surface area contributed by atoms with Crippen molar-refractivity contribution in [1.29, 1.82) is 0 Å². The van der Waals surface area contributed by atoms with Crippen LogP contribution in [0, 0.1) is 0 Å². The van der Waals surface area contributed by atoms with E-state index in [2.05, 4.69) is 21.2 Å². The van der Waals surface area contributed by atoms with Crippen molar-refractivity contribution in [2.75, 3.05) is 5.73 Å². The zero-order chi connectivity index (χ0) is 13.1. The summed E-state index contributed by atoms with van der Waals surface area (Å²) in [6.07, 6.45) is 3.19. The minimum atomic E-state index is -0.445. The van der Waals surface area contributed by atoms with Crippen LogP contribution in [0.2, 0.25) is 0 Å². The van der Waals surface area contributed by atoms with Crippen molar-refractivity contribution in [3.8, 4) is 0 Å². The molecule has 6 heteroatoms. The van der Waals surface area contributed by atoms with Crippen LogP contribution in [0.25, 0.3) is 0 Å². The third kappa shape index (κ3) is 4.09. The number of nitrogens with one attached hydrogen (secondary N) is 1. The van der Waals surface area contributed by atoms with Crippen LogP contribution in [0.4, 0.5) is 5.69 Å². The molecule has 4 nitrogen and oxygen atoms in total. The van der Waals surface area contributed by atoms with Gasteiger partial charge in [-0.3, -0.25) is 4.79 Å². The van der Waals surface area contributed by atoms with Crippen molar-refractivity contribution < 1.29 is 9.90 Å². The fraction of sp³-hybridized carbons (Fsp3) is 0.462. The maximum atomic E-state index is 12.1. The molecule has 2 rings (SSSR count). The van der Waals surface area contributed by atoms with Crippen LogP contribution < -0.4 is 11.1 Å². The second kappa shape index (κ2) is 7.12. The maximum Gasteiger partial charge on any atom is 0.253 e. The molecule has 1 aromatic rings. The zero-order valence-corrected chi connectivity index (χ0v) is 12.8. The fourth-order valence-corrected chi connectivity index (χ4v) is 2.64. The van der Waals surface area contributed by atoms with Gasteiger partial charge in [-0.15, -0.1) is 12.4 Å². The molecule has 0 aromatic heterocycles. The number of aliphatic hydroxyl groups excluding tert-OH is 1. The van der Waals surface area contributed by atoms with Crippen LogP contribution in [-0.4, -0.2) is 23.2 Å². The Labute approximate surface area is 127 Å². The van der Waals surface area contributed by atoms with E-state index < -0.39 is 6.10 Å². The molecule has 1 aliphatic carbocycles. The number of hydrogen-bond donors (Lipinski definition) is 3. The zero-order valence-electron chi connectivity index (χ0n) is 10.4. The lowest BCUT2D eigenvalue weighted by Gasteiger charge is -2.28. The van der Waals surface area contributed by atoms with Gasteiger partial charge >= 0.3 is 0 Å². The molecule has 4 N–H and O–H groups in total. The van der Waals surface area contributed by atoms with Crippen LogP contribution in [0.1, 0.15) is 36.0 Å². The average Bonchev–Trinajstić information content (AvgIpc) is 2.32. The van der Waals surface area contributed by atoms with Crippen molar-refractivity contribution in [1.82, 2.24) is 5.32 Å². The largest absolute Gasteiger partial charge is 0.398 e. The predicted molar refractivity (Wildman–Crippen MR) is 81.5 cm³/mol. The van der Waals surface area contributed by atoms with Crippen LogP contribution in [0.3, 0.4) is 0 Å². The number of halogens is 2. The third-order valence-corrected chi connectivity index (χ3v) is 3.80. The summed E-state index contributed by atoms with van der Waals surface area (Å²) >= 11 is 3.30. The van der Waals surface area contributed by atoms with Crippen molar-refractivity contribution in [2.45, 2.75) is 37.8 Å². The molecular weight excluding hydrogens is 332 g/mol. The second-order valence-electron chi connectivity index (χ2n) is 4.66. The number of hydrogen-bond acceptors (Lipinski definition) is 3. The maximum absolute atomic E-state index is 12.1. The van der Waals surface area contributed by atoms with Gasteiger partial charge in [0.05, 0.1) is 17.7 Å². The quantitative estimate of drug-likeness (QED) is 0.718. The summed E-state index contributed by atoms with van der Waals surface area (Å²) in [6.45, 7) is 0. The van der Waals surface area contributed by atoms with Crippen LogP contribution in [0.5, 0.6) is 0 Å². The summed E-state index contributed by atoms with van der Waals surface area (Å²) in [5, 5.41) is 12.7. The third-order valence-electron chi connectivity index (χ3n) is 3.30. The number of carbonyl (C=O) groups excluding carboxylic acids is 1. The predicted octanol–water partition coefficient (Wildman–Crippen LogP) is 2.49.